The van der Waals surface area contributed by atoms with E-state index in [9.17, 15) is 9.90 Å². The Kier molecular flexibility index (Phi) is 3.97. The van der Waals surface area contributed by atoms with Crippen molar-refractivity contribution >= 4 is 28.6 Å². The van der Waals surface area contributed by atoms with Gasteiger partial charge in [0.15, 0.2) is 0 Å². The summed E-state index contributed by atoms with van der Waals surface area (Å²) >= 11 is 1.43. The van der Waals surface area contributed by atoms with E-state index >= 15 is 0 Å². The van der Waals surface area contributed by atoms with E-state index in [2.05, 4.69) is 4.98 Å². The van der Waals surface area contributed by atoms with Crippen molar-refractivity contribution in [1.29, 1.82) is 0 Å². The van der Waals surface area contributed by atoms with Crippen molar-refractivity contribution in [3.63, 3.8) is 0 Å². The normalized spacial score (nSPS) is 13.1. The molecule has 2 N–H and O–H groups in total. The number of hydrogen-bond donors (Lipinski definition) is 2. The summed E-state index contributed by atoms with van der Waals surface area (Å²) in [7, 11) is 0. The summed E-state index contributed by atoms with van der Waals surface area (Å²) in [5.74, 6) is -0.359. The molecule has 1 aromatic heterocycles. The Balaban J connectivity index is 2.23. The predicted octanol–water partition coefficient (Wildman–Crippen LogP) is 3.76. The number of aromatic nitrogens is 1. The van der Waals surface area contributed by atoms with Gasteiger partial charge < -0.3 is 10.1 Å². The van der Waals surface area contributed by atoms with Crippen LogP contribution in [0, 0.1) is 5.92 Å². The highest BCUT2D eigenvalue weighted by Crippen LogP contribution is 2.33. The van der Waals surface area contributed by atoms with E-state index in [1.54, 1.807) is 0 Å². The van der Waals surface area contributed by atoms with Crippen LogP contribution in [0.3, 0.4) is 0 Å². The zero-order valence-corrected chi connectivity index (χ0v) is 11.3. The van der Waals surface area contributed by atoms with Crippen molar-refractivity contribution in [3.8, 4) is 0 Å². The number of hydrogen-bond acceptors (Lipinski definition) is 2. The van der Waals surface area contributed by atoms with Crippen LogP contribution in [0.2, 0.25) is 0 Å². The van der Waals surface area contributed by atoms with Crippen LogP contribution < -0.4 is 0 Å². The fourth-order valence-electron chi connectivity index (χ4n) is 1.92. The lowest BCUT2D eigenvalue weighted by Crippen LogP contribution is -2.18. The van der Waals surface area contributed by atoms with E-state index in [-0.39, 0.29) is 5.25 Å². The van der Waals surface area contributed by atoms with Gasteiger partial charge in [-0.3, -0.25) is 4.79 Å². The minimum absolute atomic E-state index is 0.379. The number of carboxylic acids is 1. The Bertz CT molecular complexity index is 547. The maximum Gasteiger partial charge on any atom is 0.316 e. The number of aromatic amines is 1. The van der Waals surface area contributed by atoms with Crippen molar-refractivity contribution in [2.45, 2.75) is 30.4 Å². The quantitative estimate of drug-likeness (QED) is 0.808. The smallest absolute Gasteiger partial charge is 0.316 e. The maximum atomic E-state index is 11.3. The Morgan fingerprint density at radius 3 is 2.78 bits per heavy atom. The predicted molar refractivity (Wildman–Crippen MR) is 75.0 cm³/mol. The molecule has 0 fully saturated rings. The van der Waals surface area contributed by atoms with E-state index in [4.69, 9.17) is 0 Å². The molecule has 96 valence electrons. The highest BCUT2D eigenvalue weighted by atomic mass is 32.2. The van der Waals surface area contributed by atoms with Crippen LogP contribution in [0.4, 0.5) is 0 Å². The van der Waals surface area contributed by atoms with Crippen LogP contribution in [0.25, 0.3) is 10.9 Å². The van der Waals surface area contributed by atoms with Crippen LogP contribution in [-0.2, 0) is 4.79 Å². The number of thioether (sulfide) groups is 1. The van der Waals surface area contributed by atoms with Crippen LogP contribution >= 0.6 is 11.8 Å². The lowest BCUT2D eigenvalue weighted by molar-refractivity contribution is -0.136. The molecule has 0 amide bonds. The summed E-state index contributed by atoms with van der Waals surface area (Å²) in [4.78, 5) is 15.5. The highest BCUT2D eigenvalue weighted by molar-refractivity contribution is 8.00. The molecule has 0 aliphatic rings. The molecule has 2 aromatic rings. The summed E-state index contributed by atoms with van der Waals surface area (Å²) in [6, 6.07) is 7.95. The summed E-state index contributed by atoms with van der Waals surface area (Å²) in [6.45, 7) is 4.09. The molecule has 0 spiro atoms. The molecule has 3 nitrogen and oxygen atoms in total. The monoisotopic (exact) mass is 263 g/mol. The number of rotatable bonds is 5. The first kappa shape index (κ1) is 13.0. The Morgan fingerprint density at radius 2 is 2.11 bits per heavy atom. The topological polar surface area (TPSA) is 53.1 Å². The summed E-state index contributed by atoms with van der Waals surface area (Å²) in [5, 5.41) is 9.97. The third-order valence-electron chi connectivity index (χ3n) is 2.78. The summed E-state index contributed by atoms with van der Waals surface area (Å²) in [6.07, 6.45) is 2.57. The van der Waals surface area contributed by atoms with E-state index in [0.29, 0.717) is 12.3 Å². The lowest BCUT2D eigenvalue weighted by atomic mass is 10.1. The van der Waals surface area contributed by atoms with Gasteiger partial charge >= 0.3 is 5.97 Å². The number of H-pyrrole nitrogens is 1. The van der Waals surface area contributed by atoms with Gasteiger partial charge in [-0.1, -0.05) is 32.0 Å². The SMILES string of the molecule is CC(C)CC(Sc1c[nH]c2ccccc12)C(=O)O. The molecule has 0 saturated heterocycles. The van der Waals surface area contributed by atoms with E-state index < -0.39 is 5.97 Å². The van der Waals surface area contributed by atoms with Gasteiger partial charge in [0.25, 0.3) is 0 Å². The maximum absolute atomic E-state index is 11.3. The van der Waals surface area contributed by atoms with Crippen LogP contribution in [0.5, 0.6) is 0 Å². The summed E-state index contributed by atoms with van der Waals surface area (Å²) in [5.41, 5.74) is 1.05. The van der Waals surface area contributed by atoms with Gasteiger partial charge in [0.05, 0.1) is 0 Å². The average molecular weight is 263 g/mol. The number of carboxylic acid groups (broad SMARTS) is 1. The van der Waals surface area contributed by atoms with Gasteiger partial charge in [-0.25, -0.2) is 0 Å². The number of para-hydroxylation sites is 1. The number of fused-ring (bicyclic) bond motifs is 1. The van der Waals surface area contributed by atoms with Crippen LogP contribution in [-0.4, -0.2) is 21.3 Å². The van der Waals surface area contributed by atoms with Gasteiger partial charge in [0, 0.05) is 22.0 Å². The molecule has 0 aliphatic carbocycles. The van der Waals surface area contributed by atoms with E-state index in [0.717, 1.165) is 15.8 Å². The minimum Gasteiger partial charge on any atom is -0.480 e. The van der Waals surface area contributed by atoms with Gasteiger partial charge in [0.1, 0.15) is 5.25 Å². The number of carbonyl (C=O) groups is 1. The molecule has 0 saturated carbocycles. The first-order valence-corrected chi connectivity index (χ1v) is 6.91. The molecule has 2 rings (SSSR count). The first-order chi connectivity index (χ1) is 8.58. The molecule has 18 heavy (non-hydrogen) atoms. The van der Waals surface area contributed by atoms with Crippen LogP contribution in [0.15, 0.2) is 35.4 Å². The number of benzene rings is 1. The lowest BCUT2D eigenvalue weighted by Gasteiger charge is -2.13. The molecule has 1 atom stereocenters. The van der Waals surface area contributed by atoms with Crippen molar-refractivity contribution in [2.24, 2.45) is 5.92 Å². The third kappa shape index (κ3) is 2.88. The van der Waals surface area contributed by atoms with Crippen molar-refractivity contribution in [1.82, 2.24) is 4.98 Å². The summed E-state index contributed by atoms with van der Waals surface area (Å²) < 4.78 is 0. The molecule has 1 heterocycles. The van der Waals surface area contributed by atoms with Crippen molar-refractivity contribution < 1.29 is 9.90 Å². The fraction of sp³-hybridized carbons (Fsp3) is 0.357. The molecular weight excluding hydrogens is 246 g/mol. The zero-order valence-electron chi connectivity index (χ0n) is 10.5. The second-order valence-electron chi connectivity index (χ2n) is 4.77. The third-order valence-corrected chi connectivity index (χ3v) is 4.05. The Morgan fingerprint density at radius 1 is 1.39 bits per heavy atom. The zero-order chi connectivity index (χ0) is 13.1. The Labute approximate surface area is 111 Å². The molecule has 0 aliphatic heterocycles. The van der Waals surface area contributed by atoms with Gasteiger partial charge in [-0.15, -0.1) is 11.8 Å². The van der Waals surface area contributed by atoms with Crippen molar-refractivity contribution in [3.05, 3.63) is 30.5 Å². The highest BCUT2D eigenvalue weighted by Gasteiger charge is 2.21. The molecule has 1 aromatic carbocycles. The molecule has 1 unspecified atom stereocenters. The number of aliphatic carboxylic acids is 1. The number of nitrogens with one attached hydrogen (secondary N) is 1. The average Bonchev–Trinajstić information content (AvgIpc) is 2.71. The van der Waals surface area contributed by atoms with Crippen LogP contribution in [0.1, 0.15) is 20.3 Å². The van der Waals surface area contributed by atoms with E-state index in [1.807, 2.05) is 44.3 Å². The standard InChI is InChI=1S/C14H17NO2S/c1-9(2)7-12(14(16)17)18-13-8-15-11-6-4-3-5-10(11)13/h3-6,8-9,12,15H,7H2,1-2H3,(H,16,17). The molecule has 0 radical (unpaired) electrons. The van der Waals surface area contributed by atoms with E-state index in [1.165, 1.54) is 11.8 Å². The second-order valence-corrected chi connectivity index (χ2v) is 6.02. The Hall–Kier alpha value is -1.42. The largest absolute Gasteiger partial charge is 0.480 e. The minimum atomic E-state index is -0.737. The fourth-order valence-corrected chi connectivity index (χ4v) is 3.24. The molecule has 0 bridgehead atoms. The second kappa shape index (κ2) is 5.48. The van der Waals surface area contributed by atoms with Gasteiger partial charge in [-0.05, 0) is 18.4 Å². The molecular formula is C14H17NO2S. The van der Waals surface area contributed by atoms with Gasteiger partial charge in [-0.2, -0.15) is 0 Å². The van der Waals surface area contributed by atoms with Gasteiger partial charge in [0.2, 0.25) is 0 Å². The van der Waals surface area contributed by atoms with Crippen molar-refractivity contribution in [2.75, 3.05) is 0 Å². The first-order valence-electron chi connectivity index (χ1n) is 6.03. The molecule has 4 heteroatoms.